The number of hydrogen-bond acceptors (Lipinski definition) is 4. The summed E-state index contributed by atoms with van der Waals surface area (Å²) in [7, 11) is -3.49. The van der Waals surface area contributed by atoms with E-state index in [0.717, 1.165) is 11.3 Å². The minimum atomic E-state index is -3.49. The monoisotopic (exact) mass is 278 g/mol. The molecule has 1 aromatic heterocycles. The number of halogens is 1. The first-order valence-corrected chi connectivity index (χ1v) is 7.28. The van der Waals surface area contributed by atoms with Gasteiger partial charge in [-0.1, -0.05) is 18.5 Å². The number of nitrogens with zero attached hydrogens (tertiary/aromatic N) is 2. The zero-order chi connectivity index (χ0) is 12.2. The molecule has 0 atom stereocenters. The van der Waals surface area contributed by atoms with Crippen molar-refractivity contribution in [2.45, 2.75) is 17.6 Å². The average molecular weight is 279 g/mol. The molecule has 1 heterocycles. The van der Waals surface area contributed by atoms with Gasteiger partial charge in [0, 0.05) is 19.5 Å². The van der Waals surface area contributed by atoms with Crippen molar-refractivity contribution >= 4 is 33.0 Å². The van der Waals surface area contributed by atoms with Crippen LogP contribution in [0.2, 0.25) is 4.34 Å². The molecular formula is C9H11ClN2O2S2. The Hall–Kier alpha value is -0.610. The van der Waals surface area contributed by atoms with Gasteiger partial charge in [-0.3, -0.25) is 0 Å². The topological polar surface area (TPSA) is 61.2 Å². The molecule has 0 amide bonds. The zero-order valence-corrected chi connectivity index (χ0v) is 11.1. The molecule has 0 N–H and O–H groups in total. The molecule has 7 heteroatoms. The maximum absolute atomic E-state index is 12.1. The Balaban J connectivity index is 2.96. The fourth-order valence-electron chi connectivity index (χ4n) is 1.19. The van der Waals surface area contributed by atoms with Gasteiger partial charge in [-0.2, -0.15) is 9.57 Å². The highest BCUT2D eigenvalue weighted by Crippen LogP contribution is 2.27. The van der Waals surface area contributed by atoms with Crippen LogP contribution >= 0.6 is 22.9 Å². The fraction of sp³-hybridized carbons (Fsp3) is 0.444. The van der Waals surface area contributed by atoms with Crippen molar-refractivity contribution in [3.05, 3.63) is 16.5 Å². The van der Waals surface area contributed by atoms with E-state index in [2.05, 4.69) is 0 Å². The van der Waals surface area contributed by atoms with Crippen molar-refractivity contribution in [1.29, 1.82) is 5.26 Å². The SMILES string of the molecule is CCN(CCC#N)S(=O)(=O)c1ccc(Cl)s1. The van der Waals surface area contributed by atoms with E-state index in [1.807, 2.05) is 6.07 Å². The predicted octanol–water partition coefficient (Wildman–Crippen LogP) is 2.33. The molecule has 0 radical (unpaired) electrons. The second-order valence-electron chi connectivity index (χ2n) is 2.96. The molecule has 16 heavy (non-hydrogen) atoms. The molecule has 0 aromatic carbocycles. The predicted molar refractivity (Wildman–Crippen MR) is 64.0 cm³/mol. The lowest BCUT2D eigenvalue weighted by atomic mass is 10.5. The lowest BCUT2D eigenvalue weighted by molar-refractivity contribution is 0.436. The first-order chi connectivity index (χ1) is 7.52. The largest absolute Gasteiger partial charge is 0.252 e. The van der Waals surface area contributed by atoms with Crippen molar-refractivity contribution in [2.24, 2.45) is 0 Å². The van der Waals surface area contributed by atoms with Crippen LogP contribution in [-0.4, -0.2) is 25.8 Å². The van der Waals surface area contributed by atoms with Crippen LogP contribution in [0.3, 0.4) is 0 Å². The molecule has 4 nitrogen and oxygen atoms in total. The molecule has 0 fully saturated rings. The van der Waals surface area contributed by atoms with Gasteiger partial charge in [-0.25, -0.2) is 8.42 Å². The summed E-state index contributed by atoms with van der Waals surface area (Å²) in [5.41, 5.74) is 0. The van der Waals surface area contributed by atoms with Crippen LogP contribution < -0.4 is 0 Å². The van der Waals surface area contributed by atoms with Crippen molar-refractivity contribution in [1.82, 2.24) is 4.31 Å². The van der Waals surface area contributed by atoms with Gasteiger partial charge >= 0.3 is 0 Å². The molecule has 1 aromatic rings. The third kappa shape index (κ3) is 2.95. The van der Waals surface area contributed by atoms with Crippen molar-refractivity contribution < 1.29 is 8.42 Å². The smallest absolute Gasteiger partial charge is 0.206 e. The van der Waals surface area contributed by atoms with Crippen LogP contribution in [0.1, 0.15) is 13.3 Å². The summed E-state index contributed by atoms with van der Waals surface area (Å²) < 4.78 is 26.0. The first kappa shape index (κ1) is 13.5. The second kappa shape index (κ2) is 5.64. The normalized spacial score (nSPS) is 11.6. The summed E-state index contributed by atoms with van der Waals surface area (Å²) >= 11 is 6.73. The van der Waals surface area contributed by atoms with Gasteiger partial charge in [0.05, 0.1) is 10.4 Å². The Kier molecular flexibility index (Phi) is 4.74. The molecule has 0 unspecified atom stereocenters. The number of nitriles is 1. The zero-order valence-electron chi connectivity index (χ0n) is 8.68. The van der Waals surface area contributed by atoms with E-state index in [9.17, 15) is 8.42 Å². The quantitative estimate of drug-likeness (QED) is 0.830. The Morgan fingerprint density at radius 3 is 2.69 bits per heavy atom. The Morgan fingerprint density at radius 1 is 1.56 bits per heavy atom. The Labute approximate surface area is 104 Å². The van der Waals surface area contributed by atoms with Gasteiger partial charge < -0.3 is 0 Å². The van der Waals surface area contributed by atoms with Crippen molar-refractivity contribution in [3.8, 4) is 6.07 Å². The lowest BCUT2D eigenvalue weighted by Gasteiger charge is -2.17. The van der Waals surface area contributed by atoms with Gasteiger partial charge in [0.1, 0.15) is 4.21 Å². The maximum atomic E-state index is 12.1. The Morgan fingerprint density at radius 2 is 2.25 bits per heavy atom. The second-order valence-corrected chi connectivity index (χ2v) is 6.84. The van der Waals surface area contributed by atoms with Gasteiger partial charge in [0.2, 0.25) is 0 Å². The van der Waals surface area contributed by atoms with Gasteiger partial charge in [-0.05, 0) is 12.1 Å². The lowest BCUT2D eigenvalue weighted by Crippen LogP contribution is -2.31. The molecule has 0 saturated heterocycles. The van der Waals surface area contributed by atoms with Crippen molar-refractivity contribution in [2.75, 3.05) is 13.1 Å². The van der Waals surface area contributed by atoms with Crippen LogP contribution in [0, 0.1) is 11.3 Å². The molecule has 1 rings (SSSR count). The number of sulfonamides is 1. The highest BCUT2D eigenvalue weighted by molar-refractivity contribution is 7.91. The van der Waals surface area contributed by atoms with E-state index in [4.69, 9.17) is 16.9 Å². The Bertz CT molecular complexity index is 490. The summed E-state index contributed by atoms with van der Waals surface area (Å²) in [6, 6.07) is 4.97. The molecule has 0 spiro atoms. The average Bonchev–Trinajstić information content (AvgIpc) is 2.66. The van der Waals surface area contributed by atoms with Gasteiger partial charge in [-0.15, -0.1) is 11.3 Å². The molecule has 88 valence electrons. The maximum Gasteiger partial charge on any atom is 0.252 e. The third-order valence-electron chi connectivity index (χ3n) is 1.97. The van der Waals surface area contributed by atoms with E-state index in [1.165, 1.54) is 10.4 Å². The number of thiophene rings is 1. The van der Waals surface area contributed by atoms with E-state index >= 15 is 0 Å². The molecule has 0 aliphatic rings. The van der Waals surface area contributed by atoms with Crippen LogP contribution in [-0.2, 0) is 10.0 Å². The van der Waals surface area contributed by atoms with E-state index in [-0.39, 0.29) is 17.2 Å². The molecule has 0 aliphatic carbocycles. The molecule has 0 saturated carbocycles. The van der Waals surface area contributed by atoms with Crippen LogP contribution in [0.25, 0.3) is 0 Å². The number of rotatable bonds is 5. The fourth-order valence-corrected chi connectivity index (χ4v) is 4.27. The first-order valence-electron chi connectivity index (χ1n) is 4.64. The third-order valence-corrected chi connectivity index (χ3v) is 5.64. The molecular weight excluding hydrogens is 268 g/mol. The van der Waals surface area contributed by atoms with Gasteiger partial charge in [0.25, 0.3) is 10.0 Å². The summed E-state index contributed by atoms with van der Waals surface area (Å²) in [6.07, 6.45) is 0.187. The molecule has 0 bridgehead atoms. The standard InChI is InChI=1S/C9H11ClN2O2S2/c1-2-12(7-3-6-11)16(13,14)9-5-4-8(10)15-9/h4-5H,2-3,7H2,1H3. The summed E-state index contributed by atoms with van der Waals surface area (Å²) in [4.78, 5) is 0. The summed E-state index contributed by atoms with van der Waals surface area (Å²) in [5.74, 6) is 0. The van der Waals surface area contributed by atoms with Crippen LogP contribution in [0.5, 0.6) is 0 Å². The van der Waals surface area contributed by atoms with Crippen molar-refractivity contribution in [3.63, 3.8) is 0 Å². The summed E-state index contributed by atoms with van der Waals surface area (Å²) in [5, 5.41) is 8.46. The number of hydrogen-bond donors (Lipinski definition) is 0. The van der Waals surface area contributed by atoms with E-state index in [1.54, 1.807) is 13.0 Å². The van der Waals surface area contributed by atoms with Crippen LogP contribution in [0.15, 0.2) is 16.3 Å². The minimum Gasteiger partial charge on any atom is -0.206 e. The highest BCUT2D eigenvalue weighted by Gasteiger charge is 2.24. The van der Waals surface area contributed by atoms with E-state index < -0.39 is 10.0 Å². The van der Waals surface area contributed by atoms with Gasteiger partial charge in [0.15, 0.2) is 0 Å². The van der Waals surface area contributed by atoms with Crippen LogP contribution in [0.4, 0.5) is 0 Å². The van der Waals surface area contributed by atoms with E-state index in [0.29, 0.717) is 10.9 Å². The molecule has 0 aliphatic heterocycles. The minimum absolute atomic E-state index is 0.187. The highest BCUT2D eigenvalue weighted by atomic mass is 35.5. The summed E-state index contributed by atoms with van der Waals surface area (Å²) in [6.45, 7) is 2.30.